The number of rotatable bonds is 52. The lowest BCUT2D eigenvalue weighted by atomic mass is 10.0. The number of phosphoric acid groups is 1. The lowest BCUT2D eigenvalue weighted by Gasteiger charge is -2.20. The zero-order valence-corrected chi connectivity index (χ0v) is 43.6. The highest BCUT2D eigenvalue weighted by Crippen LogP contribution is 2.43. The Hall–Kier alpha value is -1.84. The predicted molar refractivity (Wildman–Crippen MR) is 279 cm³/mol. The van der Waals surface area contributed by atoms with Gasteiger partial charge in [0, 0.05) is 13.0 Å². The maximum absolute atomic E-state index is 12.7. The summed E-state index contributed by atoms with van der Waals surface area (Å²) in [5, 5.41) is 18.4. The highest BCUT2D eigenvalue weighted by Gasteiger charge is 2.26. The third kappa shape index (κ3) is 51.5. The second-order valence-corrected chi connectivity index (χ2v) is 19.7. The molecule has 0 saturated carbocycles. The molecule has 0 aromatic rings. The molecule has 0 spiro atoms. The van der Waals surface area contributed by atoms with E-state index in [4.69, 9.17) is 23.6 Å². The molecule has 0 bridgehead atoms. The largest absolute Gasteiger partial charge is 0.472 e. The Morgan fingerprint density at radius 1 is 0.485 bits per heavy atom. The van der Waals surface area contributed by atoms with E-state index >= 15 is 0 Å². The molecule has 0 fully saturated rings. The van der Waals surface area contributed by atoms with E-state index in [1.165, 1.54) is 148 Å². The number of unbranched alkanes of at least 4 members (excludes halogenated alkanes) is 28. The van der Waals surface area contributed by atoms with E-state index in [2.05, 4.69) is 74.6 Å². The van der Waals surface area contributed by atoms with Crippen molar-refractivity contribution in [2.75, 3.05) is 33.0 Å². The van der Waals surface area contributed by atoms with Crippen molar-refractivity contribution in [3.8, 4) is 0 Å². The van der Waals surface area contributed by atoms with Gasteiger partial charge in [0.2, 0.25) is 0 Å². The van der Waals surface area contributed by atoms with Gasteiger partial charge in [-0.3, -0.25) is 13.8 Å². The second-order valence-electron chi connectivity index (χ2n) is 18.2. The number of carbonyl (C=O) groups excluding carboxylic acids is 1. The second kappa shape index (κ2) is 52.5. The van der Waals surface area contributed by atoms with Crippen molar-refractivity contribution in [1.29, 1.82) is 0 Å². The van der Waals surface area contributed by atoms with Crippen LogP contribution in [0.15, 0.2) is 60.8 Å². The summed E-state index contributed by atoms with van der Waals surface area (Å²) in [5.41, 5.74) is 0. The van der Waals surface area contributed by atoms with Crippen molar-refractivity contribution in [3.05, 3.63) is 60.8 Å². The molecule has 0 heterocycles. The highest BCUT2D eigenvalue weighted by atomic mass is 31.2. The number of allylic oxidation sites excluding steroid dienone is 10. The lowest BCUT2D eigenvalue weighted by molar-refractivity contribution is -0.154. The summed E-state index contributed by atoms with van der Waals surface area (Å²) in [7, 11) is -4.53. The molecule has 0 aromatic carbocycles. The number of hydrogen-bond acceptors (Lipinski definition) is 8. The summed E-state index contributed by atoms with van der Waals surface area (Å²) in [6.45, 7) is 3.43. The third-order valence-corrected chi connectivity index (χ3v) is 12.6. The number of carbonyl (C=O) groups is 1. The monoisotopic (exact) mass is 951 g/mol. The normalized spacial score (nSPS) is 14.2. The van der Waals surface area contributed by atoms with Crippen LogP contribution in [0.25, 0.3) is 0 Å². The summed E-state index contributed by atoms with van der Waals surface area (Å²) >= 11 is 0. The van der Waals surface area contributed by atoms with Gasteiger partial charge in [-0.2, -0.15) is 0 Å². The fourth-order valence-corrected chi connectivity index (χ4v) is 8.37. The van der Waals surface area contributed by atoms with Gasteiger partial charge in [0.05, 0.1) is 26.4 Å². The van der Waals surface area contributed by atoms with Crippen molar-refractivity contribution in [1.82, 2.24) is 0 Å². The van der Waals surface area contributed by atoms with E-state index in [1.54, 1.807) is 0 Å². The van der Waals surface area contributed by atoms with E-state index in [0.717, 1.165) is 77.0 Å². The average molecular weight is 951 g/mol. The predicted octanol–water partition coefficient (Wildman–Crippen LogP) is 16.3. The summed E-state index contributed by atoms with van der Waals surface area (Å²) in [6.07, 6.45) is 63.4. The number of esters is 1. The first-order valence-corrected chi connectivity index (χ1v) is 28.8. The Balaban J connectivity index is 4.04. The van der Waals surface area contributed by atoms with Crippen molar-refractivity contribution in [2.24, 2.45) is 0 Å². The zero-order valence-electron chi connectivity index (χ0n) is 42.7. The van der Waals surface area contributed by atoms with Crippen LogP contribution in [0.5, 0.6) is 0 Å². The number of aliphatic hydroxyl groups is 2. The quantitative estimate of drug-likeness (QED) is 0.0236. The first-order valence-electron chi connectivity index (χ1n) is 27.3. The summed E-state index contributed by atoms with van der Waals surface area (Å²) in [4.78, 5) is 22.7. The molecule has 386 valence electrons. The van der Waals surface area contributed by atoms with E-state index in [1.807, 2.05) is 0 Å². The molecule has 0 aliphatic carbocycles. The number of phosphoric ester groups is 1. The lowest BCUT2D eigenvalue weighted by Crippen LogP contribution is -2.29. The number of aliphatic hydroxyl groups excluding tert-OH is 2. The first kappa shape index (κ1) is 64.2. The zero-order chi connectivity index (χ0) is 48.1. The van der Waals surface area contributed by atoms with Crippen LogP contribution in [0.4, 0.5) is 0 Å². The van der Waals surface area contributed by atoms with Gasteiger partial charge < -0.3 is 24.6 Å². The van der Waals surface area contributed by atoms with Crippen LogP contribution >= 0.6 is 7.82 Å². The molecule has 3 N–H and O–H groups in total. The van der Waals surface area contributed by atoms with Gasteiger partial charge in [-0.05, 0) is 77.0 Å². The standard InChI is InChI=1S/C56H103O9P/c1-3-5-7-9-11-13-15-17-19-21-23-25-26-27-29-31-33-35-37-39-41-43-45-47-49-62-52-55(53-64-66(60,61)63-51-54(58)50-57)65-56(59)48-46-44-42-40-38-36-34-32-30-28-24-22-20-18-16-14-12-10-8-6-4-2/h6,8,12,14,18,20-21,23-24,28,54-55,57-58H,3-5,7,9-11,13,15-17,19,22,25-27,29-53H2,1-2H3,(H,60,61)/b8-6-,14-12-,20-18-,23-21-,28-24-. The Morgan fingerprint density at radius 2 is 0.864 bits per heavy atom. The topological polar surface area (TPSA) is 132 Å². The van der Waals surface area contributed by atoms with E-state index in [0.29, 0.717) is 6.61 Å². The van der Waals surface area contributed by atoms with Crippen molar-refractivity contribution < 1.29 is 43.0 Å². The Kier molecular flexibility index (Phi) is 51.1. The van der Waals surface area contributed by atoms with E-state index in [-0.39, 0.29) is 25.6 Å². The minimum absolute atomic E-state index is 0.0450. The third-order valence-electron chi connectivity index (χ3n) is 11.7. The van der Waals surface area contributed by atoms with Crippen molar-refractivity contribution >= 4 is 13.8 Å². The van der Waals surface area contributed by atoms with Crippen LogP contribution in [0.2, 0.25) is 0 Å². The molecule has 3 atom stereocenters. The summed E-state index contributed by atoms with van der Waals surface area (Å²) in [5.74, 6) is -0.389. The van der Waals surface area contributed by atoms with Crippen LogP contribution in [0, 0.1) is 0 Å². The van der Waals surface area contributed by atoms with E-state index in [9.17, 15) is 19.4 Å². The SMILES string of the molecule is CC/C=C\C/C=C\C/C=C\C/C=C\CCCCCCCCCCC(=O)OC(COCCCCCCCCCCCCCC/C=C\CCCCCCCCCC)COP(=O)(O)OCC(O)CO. The molecular formula is C56H103O9P. The van der Waals surface area contributed by atoms with Crippen LogP contribution in [-0.4, -0.2) is 66.3 Å². The highest BCUT2D eigenvalue weighted by molar-refractivity contribution is 7.47. The fourth-order valence-electron chi connectivity index (χ4n) is 7.58. The Morgan fingerprint density at radius 3 is 1.32 bits per heavy atom. The Labute approximate surface area is 406 Å². The molecule has 0 rings (SSSR count). The van der Waals surface area contributed by atoms with Gasteiger partial charge in [0.15, 0.2) is 0 Å². The van der Waals surface area contributed by atoms with Gasteiger partial charge in [0.1, 0.15) is 12.2 Å². The molecule has 0 aliphatic rings. The van der Waals surface area contributed by atoms with Crippen LogP contribution in [0.1, 0.15) is 245 Å². The van der Waals surface area contributed by atoms with Crippen LogP contribution in [-0.2, 0) is 27.9 Å². The molecular weight excluding hydrogens is 848 g/mol. The van der Waals surface area contributed by atoms with Crippen molar-refractivity contribution in [3.63, 3.8) is 0 Å². The molecule has 0 saturated heterocycles. The van der Waals surface area contributed by atoms with Gasteiger partial charge in [-0.15, -0.1) is 0 Å². The van der Waals surface area contributed by atoms with Gasteiger partial charge >= 0.3 is 13.8 Å². The molecule has 3 unspecified atom stereocenters. The summed E-state index contributed by atoms with van der Waals surface area (Å²) < 4.78 is 33.6. The molecule has 0 aliphatic heterocycles. The van der Waals surface area contributed by atoms with Crippen molar-refractivity contribution in [2.45, 2.75) is 257 Å². The molecule has 66 heavy (non-hydrogen) atoms. The number of hydrogen-bond donors (Lipinski definition) is 3. The molecule has 9 nitrogen and oxygen atoms in total. The smallest absolute Gasteiger partial charge is 0.457 e. The Bertz CT molecular complexity index is 1220. The number of ether oxygens (including phenoxy) is 2. The van der Waals surface area contributed by atoms with Gasteiger partial charge in [-0.25, -0.2) is 4.57 Å². The van der Waals surface area contributed by atoms with E-state index < -0.39 is 33.2 Å². The average Bonchev–Trinajstić information content (AvgIpc) is 3.31. The molecule has 10 heteroatoms. The van der Waals surface area contributed by atoms with Crippen LogP contribution in [0.3, 0.4) is 0 Å². The molecule has 0 aromatic heterocycles. The van der Waals surface area contributed by atoms with Gasteiger partial charge in [-0.1, -0.05) is 222 Å². The first-order chi connectivity index (χ1) is 32.3. The minimum atomic E-state index is -4.53. The molecule has 0 radical (unpaired) electrons. The summed E-state index contributed by atoms with van der Waals surface area (Å²) in [6, 6.07) is 0. The fraction of sp³-hybridized carbons (Fsp3) is 0.804. The molecule has 0 amide bonds. The minimum Gasteiger partial charge on any atom is -0.457 e. The maximum Gasteiger partial charge on any atom is 0.472 e. The maximum atomic E-state index is 12.7. The van der Waals surface area contributed by atoms with Gasteiger partial charge in [0.25, 0.3) is 0 Å². The van der Waals surface area contributed by atoms with Crippen LogP contribution < -0.4 is 0 Å².